The maximum atomic E-state index is 13.1. The molecule has 0 saturated carbocycles. The van der Waals surface area contributed by atoms with Crippen LogP contribution in [0, 0.1) is 0 Å². The quantitative estimate of drug-likeness (QED) is 0.245. The number of thiocarbonyl (C=S) groups is 1. The SMILES string of the molecule is O=C(COc1ccccc1C=C1SC(=S)N(Nc2nc3ccccc3s2)C1=O)Nc1ccccc1. The number of nitrogens with one attached hydrogen (secondary N) is 2. The van der Waals surface area contributed by atoms with E-state index in [-0.39, 0.29) is 18.4 Å². The number of aromatic nitrogens is 1. The van der Waals surface area contributed by atoms with Crippen molar-refractivity contribution in [2.24, 2.45) is 0 Å². The zero-order chi connectivity index (χ0) is 24.2. The van der Waals surface area contributed by atoms with Crippen LogP contribution >= 0.6 is 35.3 Å². The third kappa shape index (κ3) is 5.35. The van der Waals surface area contributed by atoms with E-state index in [4.69, 9.17) is 17.0 Å². The first-order valence-electron chi connectivity index (χ1n) is 10.5. The largest absolute Gasteiger partial charge is 0.483 e. The lowest BCUT2D eigenvalue weighted by molar-refractivity contribution is -0.121. The van der Waals surface area contributed by atoms with Crippen molar-refractivity contribution in [2.45, 2.75) is 0 Å². The molecular weight excluding hydrogens is 501 g/mol. The molecule has 5 rings (SSSR count). The average molecular weight is 519 g/mol. The van der Waals surface area contributed by atoms with Crippen molar-refractivity contribution in [3.63, 3.8) is 0 Å². The number of ether oxygens (including phenoxy) is 1. The van der Waals surface area contributed by atoms with Crippen LogP contribution in [0.5, 0.6) is 5.75 Å². The van der Waals surface area contributed by atoms with Gasteiger partial charge >= 0.3 is 0 Å². The van der Waals surface area contributed by atoms with Gasteiger partial charge in [-0.3, -0.25) is 15.0 Å². The zero-order valence-corrected chi connectivity index (χ0v) is 20.6. The summed E-state index contributed by atoms with van der Waals surface area (Å²) in [5.74, 6) is -0.0756. The number of carbonyl (C=O) groups excluding carboxylic acids is 2. The summed E-state index contributed by atoms with van der Waals surface area (Å²) in [4.78, 5) is 30.3. The van der Waals surface area contributed by atoms with E-state index in [1.54, 1.807) is 24.3 Å². The number of thiazole rings is 1. The highest BCUT2D eigenvalue weighted by Crippen LogP contribution is 2.35. The predicted molar refractivity (Wildman–Crippen MR) is 145 cm³/mol. The third-order valence-electron chi connectivity index (χ3n) is 4.92. The Hall–Kier alpha value is -3.73. The fourth-order valence-corrected chi connectivity index (χ4v) is 5.34. The van der Waals surface area contributed by atoms with Crippen molar-refractivity contribution in [3.8, 4) is 5.75 Å². The molecule has 2 N–H and O–H groups in total. The molecule has 1 fully saturated rings. The first-order valence-corrected chi connectivity index (χ1v) is 12.6. The highest BCUT2D eigenvalue weighted by molar-refractivity contribution is 8.26. The van der Waals surface area contributed by atoms with Gasteiger partial charge in [-0.2, -0.15) is 5.01 Å². The van der Waals surface area contributed by atoms with Gasteiger partial charge in [-0.05, 0) is 48.6 Å². The molecule has 1 saturated heterocycles. The van der Waals surface area contributed by atoms with Crippen molar-refractivity contribution >= 4 is 78.6 Å². The number of carbonyl (C=O) groups is 2. The Morgan fingerprint density at radius 2 is 1.77 bits per heavy atom. The Labute approximate surface area is 214 Å². The molecule has 1 aromatic heterocycles. The molecule has 10 heteroatoms. The van der Waals surface area contributed by atoms with Crippen LogP contribution in [-0.2, 0) is 9.59 Å². The number of anilines is 2. The maximum absolute atomic E-state index is 13.1. The lowest BCUT2D eigenvalue weighted by Crippen LogP contribution is -2.33. The summed E-state index contributed by atoms with van der Waals surface area (Å²) in [6, 6.07) is 24.1. The lowest BCUT2D eigenvalue weighted by Gasteiger charge is -2.14. The van der Waals surface area contributed by atoms with Crippen molar-refractivity contribution in [1.29, 1.82) is 0 Å². The minimum atomic E-state index is -0.282. The van der Waals surface area contributed by atoms with E-state index >= 15 is 0 Å². The smallest absolute Gasteiger partial charge is 0.285 e. The molecule has 2 heterocycles. The molecular formula is C25H18N4O3S3. The third-order valence-corrected chi connectivity index (χ3v) is 7.16. The number of amides is 2. The van der Waals surface area contributed by atoms with Gasteiger partial charge in [0.2, 0.25) is 5.13 Å². The first kappa shape index (κ1) is 23.0. The first-order chi connectivity index (χ1) is 17.1. The molecule has 0 spiro atoms. The Balaban J connectivity index is 1.28. The molecule has 0 atom stereocenters. The van der Waals surface area contributed by atoms with Gasteiger partial charge in [-0.15, -0.1) is 0 Å². The topological polar surface area (TPSA) is 83.6 Å². The highest BCUT2D eigenvalue weighted by Gasteiger charge is 2.33. The van der Waals surface area contributed by atoms with Crippen molar-refractivity contribution in [3.05, 3.63) is 89.3 Å². The van der Waals surface area contributed by atoms with Crippen molar-refractivity contribution in [2.75, 3.05) is 17.3 Å². The van der Waals surface area contributed by atoms with Gasteiger partial charge < -0.3 is 10.1 Å². The summed E-state index contributed by atoms with van der Waals surface area (Å²) in [5, 5.41) is 4.68. The second kappa shape index (κ2) is 10.3. The van der Waals surface area contributed by atoms with Gasteiger partial charge in [-0.25, -0.2) is 4.98 Å². The summed E-state index contributed by atoms with van der Waals surface area (Å²) < 4.78 is 7.14. The molecule has 0 aliphatic carbocycles. The molecule has 174 valence electrons. The lowest BCUT2D eigenvalue weighted by atomic mass is 10.2. The Bertz CT molecular complexity index is 1420. The summed E-state index contributed by atoms with van der Waals surface area (Å²) in [5.41, 5.74) is 5.24. The molecule has 0 unspecified atom stereocenters. The number of hydrogen-bond donors (Lipinski definition) is 2. The highest BCUT2D eigenvalue weighted by atomic mass is 32.2. The van der Waals surface area contributed by atoms with Gasteiger partial charge in [0.05, 0.1) is 15.1 Å². The van der Waals surface area contributed by atoms with Gasteiger partial charge in [0.15, 0.2) is 10.9 Å². The zero-order valence-electron chi connectivity index (χ0n) is 18.1. The molecule has 35 heavy (non-hydrogen) atoms. The second-order valence-corrected chi connectivity index (χ2v) is 10.1. The number of thioether (sulfide) groups is 1. The van der Waals surface area contributed by atoms with Crippen LogP contribution in [0.25, 0.3) is 16.3 Å². The minimum absolute atomic E-state index is 0.167. The molecule has 3 aromatic carbocycles. The van der Waals surface area contributed by atoms with Crippen molar-refractivity contribution < 1.29 is 14.3 Å². The number of rotatable bonds is 7. The van der Waals surface area contributed by atoms with E-state index in [1.165, 1.54) is 28.1 Å². The van der Waals surface area contributed by atoms with Crippen LogP contribution in [0.1, 0.15) is 5.56 Å². The fourth-order valence-electron chi connectivity index (χ4n) is 3.31. The van der Waals surface area contributed by atoms with Crippen LogP contribution in [0.3, 0.4) is 0 Å². The van der Waals surface area contributed by atoms with E-state index in [0.717, 1.165) is 10.2 Å². The predicted octanol–water partition coefficient (Wildman–Crippen LogP) is 5.54. The summed E-state index contributed by atoms with van der Waals surface area (Å²) in [7, 11) is 0. The average Bonchev–Trinajstić information content (AvgIpc) is 3.40. The van der Waals surface area contributed by atoms with Crippen molar-refractivity contribution in [1.82, 2.24) is 9.99 Å². The Morgan fingerprint density at radius 1 is 1.03 bits per heavy atom. The Kier molecular flexibility index (Phi) is 6.75. The number of nitrogens with zero attached hydrogens (tertiary/aromatic N) is 2. The van der Waals surface area contributed by atoms with Gasteiger partial charge in [0.1, 0.15) is 5.75 Å². The molecule has 7 nitrogen and oxygen atoms in total. The van der Waals surface area contributed by atoms with E-state index < -0.39 is 0 Å². The maximum Gasteiger partial charge on any atom is 0.285 e. The monoisotopic (exact) mass is 518 g/mol. The number of para-hydroxylation sites is 3. The number of hydrogen-bond acceptors (Lipinski definition) is 8. The second-order valence-electron chi connectivity index (χ2n) is 7.36. The molecule has 4 aromatic rings. The van der Waals surface area contributed by atoms with E-state index in [9.17, 15) is 9.59 Å². The normalized spacial score (nSPS) is 14.5. The number of hydrazine groups is 1. The standard InChI is InChI=1S/C25H18N4O3S3/c30-22(26-17-9-2-1-3-10-17)15-32-19-12-6-4-8-16(19)14-21-23(31)29(25(33)35-21)28-24-27-18-11-5-7-13-20(18)34-24/h1-14H,15H2,(H,26,30)(H,27,28). The van der Waals surface area contributed by atoms with Crippen LogP contribution in [0.2, 0.25) is 0 Å². The minimum Gasteiger partial charge on any atom is -0.483 e. The molecule has 2 amide bonds. The van der Waals surface area contributed by atoms with E-state index in [2.05, 4.69) is 15.7 Å². The van der Waals surface area contributed by atoms with Crippen LogP contribution < -0.4 is 15.5 Å². The molecule has 1 aliphatic heterocycles. The van der Waals surface area contributed by atoms with Gasteiger partial charge in [-0.1, -0.05) is 71.6 Å². The van der Waals surface area contributed by atoms with Gasteiger partial charge in [0.25, 0.3) is 11.8 Å². The summed E-state index contributed by atoms with van der Waals surface area (Å²) in [6.45, 7) is -0.167. The summed E-state index contributed by atoms with van der Waals surface area (Å²) >= 11 is 8.06. The molecule has 1 aliphatic rings. The van der Waals surface area contributed by atoms with Gasteiger partial charge in [0, 0.05) is 11.3 Å². The van der Waals surface area contributed by atoms with Crippen LogP contribution in [0.15, 0.2) is 83.8 Å². The molecule has 0 bridgehead atoms. The number of benzene rings is 3. The Morgan fingerprint density at radius 3 is 2.60 bits per heavy atom. The van der Waals surface area contributed by atoms with E-state index in [1.807, 2.05) is 60.7 Å². The fraction of sp³-hybridized carbons (Fsp3) is 0.0400. The van der Waals surface area contributed by atoms with Crippen LogP contribution in [-0.4, -0.2) is 32.7 Å². The summed E-state index contributed by atoms with van der Waals surface area (Å²) in [6.07, 6.45) is 1.71. The van der Waals surface area contributed by atoms with E-state index in [0.29, 0.717) is 31.4 Å². The number of fused-ring (bicyclic) bond motifs is 1. The molecule has 0 radical (unpaired) electrons. The van der Waals surface area contributed by atoms with Crippen LogP contribution in [0.4, 0.5) is 10.8 Å².